The number of nitrogens with one attached hydrogen (secondary N) is 1. The zero-order valence-corrected chi connectivity index (χ0v) is 14.9. The number of rotatable bonds is 4. The van der Waals surface area contributed by atoms with Gasteiger partial charge in [0.05, 0.1) is 5.69 Å². The molecule has 1 heterocycles. The molecule has 3 aromatic rings. The van der Waals surface area contributed by atoms with E-state index < -0.39 is 11.2 Å². The molecule has 2 aromatic carbocycles. The highest BCUT2D eigenvalue weighted by Gasteiger charge is 2.16. The number of benzene rings is 2. The molecule has 0 spiro atoms. The maximum Gasteiger partial charge on any atom is 0.332 e. The summed E-state index contributed by atoms with van der Waals surface area (Å²) in [4.78, 5) is 24.8. The molecule has 0 aliphatic carbocycles. The first-order valence-corrected chi connectivity index (χ1v) is 8.14. The molecule has 0 aliphatic heterocycles. The van der Waals surface area contributed by atoms with E-state index in [1.165, 1.54) is 11.6 Å². The minimum absolute atomic E-state index is 0.0356. The Kier molecular flexibility index (Phi) is 4.99. The number of halogens is 1. The van der Waals surface area contributed by atoms with Gasteiger partial charge >= 0.3 is 5.69 Å². The van der Waals surface area contributed by atoms with Crippen LogP contribution >= 0.6 is 11.6 Å². The number of hydrogen-bond donors (Lipinski definition) is 1. The van der Waals surface area contributed by atoms with E-state index in [4.69, 9.17) is 11.6 Å². The third kappa shape index (κ3) is 3.57. The molecule has 0 bridgehead atoms. The van der Waals surface area contributed by atoms with Crippen molar-refractivity contribution in [3.63, 3.8) is 0 Å². The summed E-state index contributed by atoms with van der Waals surface area (Å²) in [6, 6.07) is 15.9. The maximum absolute atomic E-state index is 12.6. The predicted octanol–water partition coefficient (Wildman–Crippen LogP) is 3.90. The summed E-state index contributed by atoms with van der Waals surface area (Å²) in [6.45, 7) is 0. The van der Waals surface area contributed by atoms with Crippen molar-refractivity contribution in [3.8, 4) is 0 Å². The van der Waals surface area contributed by atoms with E-state index in [0.717, 1.165) is 10.3 Å². The third-order valence-corrected chi connectivity index (χ3v) is 4.02. The van der Waals surface area contributed by atoms with Crippen LogP contribution in [-0.4, -0.2) is 9.13 Å². The quantitative estimate of drug-likeness (QED) is 0.708. The molecule has 3 rings (SSSR count). The van der Waals surface area contributed by atoms with E-state index >= 15 is 0 Å². The smallest absolute Gasteiger partial charge is 0.332 e. The number of azo groups is 1. The molecule has 1 aromatic heterocycles. The molecule has 8 heteroatoms. The summed E-state index contributed by atoms with van der Waals surface area (Å²) in [6.07, 6.45) is 0. The summed E-state index contributed by atoms with van der Waals surface area (Å²) in [7, 11) is 2.96. The molecule has 0 atom stereocenters. The molecule has 0 fully saturated rings. The van der Waals surface area contributed by atoms with Crippen LogP contribution in [0.15, 0.2) is 74.4 Å². The van der Waals surface area contributed by atoms with E-state index in [1.807, 2.05) is 30.3 Å². The SMILES string of the molecule is Cn1c(Nc2ccccc2)c(N=Nc2ccc(Cl)cc2)c(=O)n(C)c1=O. The van der Waals surface area contributed by atoms with Gasteiger partial charge in [0.2, 0.25) is 0 Å². The van der Waals surface area contributed by atoms with Gasteiger partial charge < -0.3 is 5.32 Å². The Morgan fingerprint density at radius 1 is 0.885 bits per heavy atom. The van der Waals surface area contributed by atoms with Gasteiger partial charge in [-0.25, -0.2) is 4.79 Å². The lowest BCUT2D eigenvalue weighted by atomic mass is 10.3. The molecule has 0 radical (unpaired) electrons. The normalized spacial score (nSPS) is 11.0. The highest BCUT2D eigenvalue weighted by molar-refractivity contribution is 6.30. The predicted molar refractivity (Wildman–Crippen MR) is 102 cm³/mol. The number of hydrogen-bond acceptors (Lipinski definition) is 5. The summed E-state index contributed by atoms with van der Waals surface area (Å²) in [5.41, 5.74) is 0.297. The largest absolute Gasteiger partial charge is 0.339 e. The molecular formula is C18H16ClN5O2. The van der Waals surface area contributed by atoms with Crippen molar-refractivity contribution in [2.45, 2.75) is 0 Å². The molecule has 26 heavy (non-hydrogen) atoms. The van der Waals surface area contributed by atoms with Gasteiger partial charge in [-0.1, -0.05) is 29.8 Å². The topological polar surface area (TPSA) is 80.8 Å². The van der Waals surface area contributed by atoms with Gasteiger partial charge in [0.15, 0.2) is 5.69 Å². The molecule has 0 saturated carbocycles. The number of para-hydroxylation sites is 1. The average molecular weight is 370 g/mol. The molecule has 132 valence electrons. The first-order chi connectivity index (χ1) is 12.5. The maximum atomic E-state index is 12.6. The Balaban J connectivity index is 2.11. The average Bonchev–Trinajstić information content (AvgIpc) is 2.66. The lowest BCUT2D eigenvalue weighted by Gasteiger charge is -2.14. The molecule has 7 nitrogen and oxygen atoms in total. The van der Waals surface area contributed by atoms with Crippen LogP contribution < -0.4 is 16.6 Å². The molecule has 0 unspecified atom stereocenters. The highest BCUT2D eigenvalue weighted by atomic mass is 35.5. The summed E-state index contributed by atoms with van der Waals surface area (Å²) in [5, 5.41) is 11.8. The number of aromatic nitrogens is 2. The van der Waals surface area contributed by atoms with Crippen LogP contribution in [0.3, 0.4) is 0 Å². The van der Waals surface area contributed by atoms with Gasteiger partial charge in [0.25, 0.3) is 5.56 Å². The first-order valence-electron chi connectivity index (χ1n) is 7.77. The van der Waals surface area contributed by atoms with E-state index in [0.29, 0.717) is 10.7 Å². The van der Waals surface area contributed by atoms with Gasteiger partial charge in [-0.3, -0.25) is 13.9 Å². The fourth-order valence-electron chi connectivity index (χ4n) is 2.33. The minimum Gasteiger partial charge on any atom is -0.339 e. The van der Waals surface area contributed by atoms with E-state index in [1.54, 1.807) is 31.3 Å². The van der Waals surface area contributed by atoms with E-state index in [9.17, 15) is 9.59 Å². The Labute approximate surface area is 154 Å². The van der Waals surface area contributed by atoms with Gasteiger partial charge in [-0.15, -0.1) is 5.11 Å². The number of anilines is 2. The summed E-state index contributed by atoms with van der Waals surface area (Å²) < 4.78 is 2.32. The first kappa shape index (κ1) is 17.6. The second-order valence-electron chi connectivity index (χ2n) is 5.57. The highest BCUT2D eigenvalue weighted by Crippen LogP contribution is 2.25. The van der Waals surface area contributed by atoms with Crippen LogP contribution in [-0.2, 0) is 14.1 Å². The monoisotopic (exact) mass is 369 g/mol. The molecule has 0 amide bonds. The Hall–Kier alpha value is -3.19. The fourth-order valence-corrected chi connectivity index (χ4v) is 2.46. The Morgan fingerprint density at radius 2 is 1.54 bits per heavy atom. The lowest BCUT2D eigenvalue weighted by molar-refractivity contribution is 0.692. The second kappa shape index (κ2) is 7.37. The molecule has 0 aliphatic rings. The Bertz CT molecular complexity index is 1070. The summed E-state index contributed by atoms with van der Waals surface area (Å²) >= 11 is 5.85. The van der Waals surface area contributed by atoms with Gasteiger partial charge in [0, 0.05) is 24.8 Å². The van der Waals surface area contributed by atoms with Crippen molar-refractivity contribution < 1.29 is 0 Å². The van der Waals surface area contributed by atoms with Gasteiger partial charge in [-0.2, -0.15) is 5.11 Å². The van der Waals surface area contributed by atoms with E-state index in [-0.39, 0.29) is 11.5 Å². The summed E-state index contributed by atoms with van der Waals surface area (Å²) in [5.74, 6) is 0.266. The van der Waals surface area contributed by atoms with Crippen LogP contribution in [0.5, 0.6) is 0 Å². The van der Waals surface area contributed by atoms with Crippen LogP contribution in [0.25, 0.3) is 0 Å². The number of nitrogens with zero attached hydrogens (tertiary/aromatic N) is 4. The third-order valence-electron chi connectivity index (χ3n) is 3.77. The van der Waals surface area contributed by atoms with Crippen molar-refractivity contribution in [2.24, 2.45) is 24.3 Å². The van der Waals surface area contributed by atoms with Crippen molar-refractivity contribution in [1.82, 2.24) is 9.13 Å². The van der Waals surface area contributed by atoms with E-state index in [2.05, 4.69) is 15.5 Å². The van der Waals surface area contributed by atoms with Crippen molar-refractivity contribution in [1.29, 1.82) is 0 Å². The van der Waals surface area contributed by atoms with Crippen LogP contribution in [0.2, 0.25) is 5.02 Å². The molecule has 0 saturated heterocycles. The van der Waals surface area contributed by atoms with Crippen molar-refractivity contribution in [3.05, 3.63) is 80.5 Å². The van der Waals surface area contributed by atoms with Crippen LogP contribution in [0, 0.1) is 0 Å². The van der Waals surface area contributed by atoms with Crippen molar-refractivity contribution >= 4 is 34.5 Å². The van der Waals surface area contributed by atoms with Gasteiger partial charge in [-0.05, 0) is 36.4 Å². The fraction of sp³-hybridized carbons (Fsp3) is 0.111. The Morgan fingerprint density at radius 3 is 2.19 bits per heavy atom. The molecule has 1 N–H and O–H groups in total. The van der Waals surface area contributed by atoms with Crippen LogP contribution in [0.4, 0.5) is 22.9 Å². The standard InChI is InChI=1S/C18H16ClN5O2/c1-23-16(20-13-6-4-3-5-7-13)15(17(25)24(2)18(23)26)22-21-14-10-8-12(19)9-11-14/h3-11,20H,1-2H3. The van der Waals surface area contributed by atoms with Crippen LogP contribution in [0.1, 0.15) is 0 Å². The zero-order valence-electron chi connectivity index (χ0n) is 14.2. The second-order valence-corrected chi connectivity index (χ2v) is 6.01. The zero-order chi connectivity index (χ0) is 18.7. The molecular weight excluding hydrogens is 354 g/mol. The van der Waals surface area contributed by atoms with Gasteiger partial charge in [0.1, 0.15) is 5.82 Å². The van der Waals surface area contributed by atoms with Crippen molar-refractivity contribution in [2.75, 3.05) is 5.32 Å². The lowest BCUT2D eigenvalue weighted by Crippen LogP contribution is -2.37. The minimum atomic E-state index is -0.538.